The van der Waals surface area contributed by atoms with Crippen LogP contribution in [-0.2, 0) is 4.57 Å². The van der Waals surface area contributed by atoms with Crippen molar-refractivity contribution in [2.45, 2.75) is 11.4 Å². The minimum absolute atomic E-state index is 0.174. The lowest BCUT2D eigenvalue weighted by Crippen LogP contribution is -2.15. The lowest BCUT2D eigenvalue weighted by molar-refractivity contribution is 0.475. The molecule has 0 radical (unpaired) electrons. The number of pyridine rings is 1. The van der Waals surface area contributed by atoms with Gasteiger partial charge >= 0.3 is 0 Å². The molecule has 0 aromatic carbocycles. The second kappa shape index (κ2) is 10.4. The molecule has 1 atom stereocenters. The molecule has 1 heterocycles. The first-order valence-electron chi connectivity index (χ1n) is 5.38. The molecule has 1 aromatic rings. The van der Waals surface area contributed by atoms with Gasteiger partial charge in [-0.05, 0) is 29.3 Å². The van der Waals surface area contributed by atoms with Crippen LogP contribution in [0.3, 0.4) is 0 Å². The quantitative estimate of drug-likeness (QED) is 0.218. The van der Waals surface area contributed by atoms with E-state index >= 15 is 0 Å². The highest BCUT2D eigenvalue weighted by atomic mass is 35.5. The molecule has 0 aliphatic rings. The van der Waals surface area contributed by atoms with Gasteiger partial charge in [-0.1, -0.05) is 16.9 Å². The van der Waals surface area contributed by atoms with E-state index in [0.717, 1.165) is 23.7 Å². The van der Waals surface area contributed by atoms with E-state index in [1.165, 1.54) is 0 Å². The molecule has 0 aliphatic carbocycles. The van der Waals surface area contributed by atoms with E-state index < -0.39 is 7.95 Å². The van der Waals surface area contributed by atoms with E-state index in [2.05, 4.69) is 4.98 Å². The van der Waals surface area contributed by atoms with Crippen LogP contribution in [0.5, 0.6) is 0 Å². The minimum Gasteiger partial charge on any atom is -0.309 e. The number of alkyl halides is 2. The maximum absolute atomic E-state index is 11.5. The van der Waals surface area contributed by atoms with Gasteiger partial charge in [-0.15, -0.1) is 23.2 Å². The summed E-state index contributed by atoms with van der Waals surface area (Å²) in [5, 5.41) is 1.01. The van der Waals surface area contributed by atoms with Gasteiger partial charge in [-0.3, -0.25) is 0 Å². The third kappa shape index (κ3) is 6.69. The van der Waals surface area contributed by atoms with Crippen molar-refractivity contribution in [3.8, 4) is 0 Å². The molecule has 1 aromatic heterocycles. The van der Waals surface area contributed by atoms with Crippen LogP contribution in [0, 0.1) is 0 Å². The summed E-state index contributed by atoms with van der Waals surface area (Å²) in [4.78, 5) is 4.22. The fraction of sp³-hybridized carbons (Fsp3) is 0.500. The lowest BCUT2D eigenvalue weighted by atomic mass is 10.5. The molecule has 0 spiro atoms. The van der Waals surface area contributed by atoms with Crippen molar-refractivity contribution in [1.29, 1.82) is 0 Å². The second-order valence-electron chi connectivity index (χ2n) is 3.34. The number of halogens is 2. The molecule has 0 saturated heterocycles. The van der Waals surface area contributed by atoms with Crippen molar-refractivity contribution in [2.24, 2.45) is 0 Å². The van der Waals surface area contributed by atoms with Crippen LogP contribution in [0.1, 0.15) is 6.42 Å². The molecule has 0 amide bonds. The topological polar surface area (TPSA) is 33.2 Å². The summed E-state index contributed by atoms with van der Waals surface area (Å²) in [5.41, 5.74) is 0.174. The van der Waals surface area contributed by atoms with Crippen molar-refractivity contribution in [1.82, 2.24) is 9.65 Å². The van der Waals surface area contributed by atoms with Gasteiger partial charge in [0.25, 0.3) is 0 Å². The van der Waals surface area contributed by atoms with Crippen molar-refractivity contribution < 1.29 is 4.57 Å². The Labute approximate surface area is 126 Å². The Morgan fingerprint density at radius 3 is 2.83 bits per heavy atom. The maximum Gasteiger partial charge on any atom is 0.154 e. The van der Waals surface area contributed by atoms with Crippen molar-refractivity contribution in [2.75, 3.05) is 23.9 Å². The SMILES string of the molecule is O=[PH](CCl)N(CCl)CCCSSc1ccccn1. The summed E-state index contributed by atoms with van der Waals surface area (Å²) in [6.45, 7) is 0.726. The first kappa shape index (κ1) is 16.7. The van der Waals surface area contributed by atoms with Gasteiger partial charge in [-0.25, -0.2) is 9.65 Å². The lowest BCUT2D eigenvalue weighted by Gasteiger charge is -2.16. The highest BCUT2D eigenvalue weighted by Crippen LogP contribution is 2.31. The second-order valence-corrected chi connectivity index (χ2v) is 8.50. The first-order valence-corrected chi connectivity index (χ1v) is 10.3. The van der Waals surface area contributed by atoms with Crippen LogP contribution in [0.25, 0.3) is 0 Å². The molecule has 102 valence electrons. The highest BCUT2D eigenvalue weighted by molar-refractivity contribution is 8.76. The van der Waals surface area contributed by atoms with Crippen LogP contribution >= 0.6 is 52.7 Å². The number of nitrogens with zero attached hydrogens (tertiary/aromatic N) is 2. The average Bonchev–Trinajstić information content (AvgIpc) is 2.43. The molecule has 0 saturated carbocycles. The van der Waals surface area contributed by atoms with Gasteiger partial charge < -0.3 is 4.57 Å². The smallest absolute Gasteiger partial charge is 0.154 e. The van der Waals surface area contributed by atoms with Gasteiger partial charge in [0.05, 0.1) is 11.6 Å². The molecular formula is C10H15Cl2N2OPS2. The monoisotopic (exact) mass is 344 g/mol. The molecule has 3 nitrogen and oxygen atoms in total. The summed E-state index contributed by atoms with van der Waals surface area (Å²) >= 11 is 11.3. The van der Waals surface area contributed by atoms with Gasteiger partial charge in [-0.2, -0.15) is 0 Å². The van der Waals surface area contributed by atoms with Crippen LogP contribution in [0.15, 0.2) is 29.4 Å². The maximum atomic E-state index is 11.5. The summed E-state index contributed by atoms with van der Waals surface area (Å²) < 4.78 is 13.2. The Bertz CT molecular complexity index is 359. The summed E-state index contributed by atoms with van der Waals surface area (Å²) in [7, 11) is 1.52. The highest BCUT2D eigenvalue weighted by Gasteiger charge is 2.09. The molecule has 0 aliphatic heterocycles. The summed E-state index contributed by atoms with van der Waals surface area (Å²) in [6.07, 6.45) is 2.72. The molecule has 0 N–H and O–H groups in total. The predicted molar refractivity (Wildman–Crippen MR) is 84.3 cm³/mol. The molecule has 1 unspecified atom stereocenters. The Balaban J connectivity index is 2.13. The van der Waals surface area contributed by atoms with Crippen molar-refractivity contribution in [3.63, 3.8) is 0 Å². The zero-order valence-electron chi connectivity index (χ0n) is 9.72. The van der Waals surface area contributed by atoms with Gasteiger partial charge in [0.1, 0.15) is 5.03 Å². The van der Waals surface area contributed by atoms with Crippen molar-refractivity contribution in [3.05, 3.63) is 24.4 Å². The number of rotatable bonds is 9. The Morgan fingerprint density at radius 2 is 2.22 bits per heavy atom. The van der Waals surface area contributed by atoms with Gasteiger partial charge in [0.15, 0.2) is 7.95 Å². The van der Waals surface area contributed by atoms with Crippen LogP contribution < -0.4 is 0 Å². The molecule has 0 fully saturated rings. The van der Waals surface area contributed by atoms with Crippen LogP contribution in [0.4, 0.5) is 0 Å². The fourth-order valence-corrected chi connectivity index (χ4v) is 4.84. The molecular weight excluding hydrogens is 330 g/mol. The molecule has 18 heavy (non-hydrogen) atoms. The summed E-state index contributed by atoms with van der Waals surface area (Å²) in [6, 6.07) is 6.13. The number of aromatic nitrogens is 1. The van der Waals surface area contributed by atoms with E-state index in [9.17, 15) is 4.57 Å². The fourth-order valence-electron chi connectivity index (χ4n) is 1.15. The van der Waals surface area contributed by atoms with Gasteiger partial charge in [0, 0.05) is 18.5 Å². The van der Waals surface area contributed by atoms with E-state index in [1.807, 2.05) is 18.2 Å². The zero-order chi connectivity index (χ0) is 13.2. The van der Waals surface area contributed by atoms with E-state index in [1.54, 1.807) is 32.5 Å². The third-order valence-corrected chi connectivity index (χ3v) is 6.89. The molecule has 8 heteroatoms. The average molecular weight is 345 g/mol. The van der Waals surface area contributed by atoms with E-state index in [0.29, 0.717) is 0 Å². The number of hydrogen-bond donors (Lipinski definition) is 0. The molecule has 0 bridgehead atoms. The number of hydrogen-bond acceptors (Lipinski definition) is 4. The predicted octanol–water partition coefficient (Wildman–Crippen LogP) is 4.38. The minimum atomic E-state index is -1.87. The Morgan fingerprint density at radius 1 is 1.39 bits per heavy atom. The first-order chi connectivity index (χ1) is 8.77. The zero-order valence-corrected chi connectivity index (χ0v) is 13.9. The van der Waals surface area contributed by atoms with Gasteiger partial charge in [0.2, 0.25) is 0 Å². The normalized spacial score (nSPS) is 12.8. The molecule has 1 rings (SSSR count). The third-order valence-electron chi connectivity index (χ3n) is 2.05. The Kier molecular flexibility index (Phi) is 9.65. The van der Waals surface area contributed by atoms with E-state index in [-0.39, 0.29) is 11.6 Å². The van der Waals surface area contributed by atoms with E-state index in [4.69, 9.17) is 23.2 Å². The van der Waals surface area contributed by atoms with Crippen LogP contribution in [-0.4, -0.2) is 33.6 Å². The van der Waals surface area contributed by atoms with Crippen molar-refractivity contribution >= 4 is 52.7 Å². The van der Waals surface area contributed by atoms with Crippen LogP contribution in [0.2, 0.25) is 0 Å². The summed E-state index contributed by atoms with van der Waals surface area (Å²) in [5.74, 6) is 0.964. The standard InChI is InChI=1S/C10H15Cl2N2OPS2/c11-8-14(16(15)9-12)6-3-7-17-18-10-4-1-2-5-13-10/h1-2,4-5,16H,3,6-9H2. The largest absolute Gasteiger partial charge is 0.309 e. The Hall–Kier alpha value is 0.620.